The van der Waals surface area contributed by atoms with Gasteiger partial charge in [0.25, 0.3) is 0 Å². The third-order valence-electron chi connectivity index (χ3n) is 3.40. The fraction of sp³-hybridized carbons (Fsp3) is 0.615. The Labute approximate surface area is 122 Å². The van der Waals surface area contributed by atoms with Gasteiger partial charge in [-0.05, 0) is 26.3 Å². The zero-order valence-electron chi connectivity index (χ0n) is 11.9. The molecule has 2 heterocycles. The molecule has 1 amide bonds. The van der Waals surface area contributed by atoms with Gasteiger partial charge in [0.2, 0.25) is 5.91 Å². The van der Waals surface area contributed by atoms with E-state index in [1.165, 1.54) is 16.7 Å². The number of hydrogen-bond donors (Lipinski definition) is 1. The van der Waals surface area contributed by atoms with Crippen molar-refractivity contribution in [1.82, 2.24) is 14.7 Å². The SMILES string of the molecule is CCC1SCC(C(=O)O)N1C(=O)Cn1nc(C)cc1C. The number of carboxylic acids is 1. The van der Waals surface area contributed by atoms with Crippen LogP contribution < -0.4 is 0 Å². The van der Waals surface area contributed by atoms with E-state index in [1.807, 2.05) is 26.8 Å². The summed E-state index contributed by atoms with van der Waals surface area (Å²) in [6.45, 7) is 5.82. The molecule has 1 aromatic rings. The van der Waals surface area contributed by atoms with Crippen molar-refractivity contribution in [2.45, 2.75) is 45.2 Å². The summed E-state index contributed by atoms with van der Waals surface area (Å²) in [5, 5.41) is 13.4. The van der Waals surface area contributed by atoms with E-state index < -0.39 is 12.0 Å². The minimum atomic E-state index is -0.935. The molecule has 1 aromatic heterocycles. The van der Waals surface area contributed by atoms with Crippen LogP contribution in [0.1, 0.15) is 24.7 Å². The summed E-state index contributed by atoms with van der Waals surface area (Å²) >= 11 is 1.53. The second kappa shape index (κ2) is 5.87. The molecule has 1 aliphatic heterocycles. The largest absolute Gasteiger partial charge is 0.480 e. The van der Waals surface area contributed by atoms with Gasteiger partial charge in [-0.3, -0.25) is 9.48 Å². The van der Waals surface area contributed by atoms with Crippen molar-refractivity contribution < 1.29 is 14.7 Å². The lowest BCUT2D eigenvalue weighted by Crippen LogP contribution is -2.46. The highest BCUT2D eigenvalue weighted by molar-refractivity contribution is 8.00. The molecule has 2 unspecified atom stereocenters. The van der Waals surface area contributed by atoms with Crippen LogP contribution in [0.15, 0.2) is 6.07 Å². The van der Waals surface area contributed by atoms with Crippen LogP contribution in [0.5, 0.6) is 0 Å². The molecule has 1 saturated heterocycles. The summed E-state index contributed by atoms with van der Waals surface area (Å²) in [6.07, 6.45) is 0.747. The van der Waals surface area contributed by atoms with Crippen molar-refractivity contribution in [3.8, 4) is 0 Å². The maximum atomic E-state index is 12.4. The van der Waals surface area contributed by atoms with Gasteiger partial charge in [-0.2, -0.15) is 5.10 Å². The second-order valence-electron chi connectivity index (χ2n) is 4.94. The number of thioether (sulfide) groups is 1. The Morgan fingerprint density at radius 2 is 2.20 bits per heavy atom. The average molecular weight is 297 g/mol. The van der Waals surface area contributed by atoms with E-state index in [4.69, 9.17) is 0 Å². The molecule has 0 aliphatic carbocycles. The Morgan fingerprint density at radius 3 is 2.70 bits per heavy atom. The Bertz CT molecular complexity index is 529. The summed E-state index contributed by atoms with van der Waals surface area (Å²) in [5.74, 6) is -0.660. The molecule has 2 rings (SSSR count). The lowest BCUT2D eigenvalue weighted by Gasteiger charge is -2.26. The van der Waals surface area contributed by atoms with Crippen LogP contribution in [0.2, 0.25) is 0 Å². The van der Waals surface area contributed by atoms with Crippen LogP contribution in [0, 0.1) is 13.8 Å². The molecule has 1 fully saturated rings. The lowest BCUT2D eigenvalue weighted by atomic mass is 10.2. The maximum Gasteiger partial charge on any atom is 0.327 e. The molecule has 20 heavy (non-hydrogen) atoms. The van der Waals surface area contributed by atoms with Crippen molar-refractivity contribution in [3.05, 3.63) is 17.5 Å². The number of carbonyl (C=O) groups is 2. The predicted octanol–water partition coefficient (Wildman–Crippen LogP) is 1.26. The fourth-order valence-electron chi connectivity index (χ4n) is 2.45. The van der Waals surface area contributed by atoms with Gasteiger partial charge in [-0.1, -0.05) is 6.92 Å². The van der Waals surface area contributed by atoms with E-state index in [-0.39, 0.29) is 17.8 Å². The summed E-state index contributed by atoms with van der Waals surface area (Å²) in [4.78, 5) is 25.2. The third-order valence-corrected chi connectivity index (χ3v) is 4.86. The van der Waals surface area contributed by atoms with Crippen LogP contribution in [-0.2, 0) is 16.1 Å². The van der Waals surface area contributed by atoms with Gasteiger partial charge in [0, 0.05) is 11.4 Å². The van der Waals surface area contributed by atoms with Crippen molar-refractivity contribution in [3.63, 3.8) is 0 Å². The van der Waals surface area contributed by atoms with Crippen molar-refractivity contribution in [1.29, 1.82) is 0 Å². The molecule has 1 N–H and O–H groups in total. The normalized spacial score (nSPS) is 22.2. The molecule has 1 aliphatic rings. The fourth-order valence-corrected chi connectivity index (χ4v) is 3.82. The Morgan fingerprint density at radius 1 is 1.50 bits per heavy atom. The first-order valence-corrected chi connectivity index (χ1v) is 7.65. The summed E-state index contributed by atoms with van der Waals surface area (Å²) < 4.78 is 1.63. The van der Waals surface area contributed by atoms with Gasteiger partial charge in [0.1, 0.15) is 12.6 Å². The maximum absolute atomic E-state index is 12.4. The molecule has 0 saturated carbocycles. The molecule has 110 valence electrons. The number of amides is 1. The highest BCUT2D eigenvalue weighted by Crippen LogP contribution is 2.31. The van der Waals surface area contributed by atoms with Crippen LogP contribution in [0.25, 0.3) is 0 Å². The number of carboxylic acid groups (broad SMARTS) is 1. The van der Waals surface area contributed by atoms with Crippen LogP contribution in [0.4, 0.5) is 0 Å². The van der Waals surface area contributed by atoms with E-state index >= 15 is 0 Å². The molecule has 6 nitrogen and oxygen atoms in total. The number of rotatable bonds is 4. The summed E-state index contributed by atoms with van der Waals surface area (Å²) in [7, 11) is 0. The van der Waals surface area contributed by atoms with Gasteiger partial charge in [-0.15, -0.1) is 11.8 Å². The zero-order chi connectivity index (χ0) is 14.9. The molecule has 0 spiro atoms. The van der Waals surface area contributed by atoms with Gasteiger partial charge in [0.15, 0.2) is 0 Å². The monoisotopic (exact) mass is 297 g/mol. The minimum absolute atomic E-state index is 0.0550. The number of hydrogen-bond acceptors (Lipinski definition) is 4. The number of aliphatic carboxylic acids is 1. The molecule has 0 aromatic carbocycles. The van der Waals surface area contributed by atoms with Crippen molar-refractivity contribution in [2.24, 2.45) is 0 Å². The van der Waals surface area contributed by atoms with E-state index in [0.29, 0.717) is 5.75 Å². The first-order chi connectivity index (χ1) is 9.43. The number of nitrogens with zero attached hydrogens (tertiary/aromatic N) is 3. The van der Waals surface area contributed by atoms with Gasteiger partial charge in [-0.25, -0.2) is 4.79 Å². The smallest absolute Gasteiger partial charge is 0.327 e. The minimum Gasteiger partial charge on any atom is -0.480 e. The predicted molar refractivity (Wildman–Crippen MR) is 76.5 cm³/mol. The van der Waals surface area contributed by atoms with Crippen LogP contribution in [-0.4, -0.2) is 48.8 Å². The van der Waals surface area contributed by atoms with E-state index in [2.05, 4.69) is 5.10 Å². The van der Waals surface area contributed by atoms with E-state index in [1.54, 1.807) is 4.68 Å². The highest BCUT2D eigenvalue weighted by Gasteiger charge is 2.40. The Hall–Kier alpha value is -1.50. The summed E-state index contributed by atoms with van der Waals surface area (Å²) in [5.41, 5.74) is 1.76. The van der Waals surface area contributed by atoms with Gasteiger partial charge in [0.05, 0.1) is 11.1 Å². The second-order valence-corrected chi connectivity index (χ2v) is 6.15. The van der Waals surface area contributed by atoms with E-state index in [0.717, 1.165) is 17.8 Å². The molecular weight excluding hydrogens is 278 g/mol. The van der Waals surface area contributed by atoms with Gasteiger partial charge < -0.3 is 10.0 Å². The third kappa shape index (κ3) is 2.82. The first-order valence-electron chi connectivity index (χ1n) is 6.60. The molecule has 2 atom stereocenters. The van der Waals surface area contributed by atoms with Crippen LogP contribution >= 0.6 is 11.8 Å². The summed E-state index contributed by atoms with van der Waals surface area (Å²) in [6, 6.07) is 1.17. The zero-order valence-corrected chi connectivity index (χ0v) is 12.7. The molecular formula is C13H19N3O3S. The topological polar surface area (TPSA) is 75.4 Å². The first kappa shape index (κ1) is 14.9. The van der Waals surface area contributed by atoms with E-state index in [9.17, 15) is 14.7 Å². The Kier molecular flexibility index (Phi) is 4.37. The number of carbonyl (C=O) groups excluding carboxylic acids is 1. The standard InChI is InChI=1S/C13H19N3O3S/c1-4-12-16(10(7-20-12)13(18)19)11(17)6-15-9(3)5-8(2)14-15/h5,10,12H,4,6-7H2,1-3H3,(H,18,19). The van der Waals surface area contributed by atoms with Gasteiger partial charge >= 0.3 is 5.97 Å². The average Bonchev–Trinajstić information content (AvgIpc) is 2.93. The molecule has 0 radical (unpaired) electrons. The number of aryl methyl sites for hydroxylation is 2. The molecule has 7 heteroatoms. The van der Waals surface area contributed by atoms with Crippen molar-refractivity contribution >= 4 is 23.6 Å². The number of aromatic nitrogens is 2. The molecule has 0 bridgehead atoms. The lowest BCUT2D eigenvalue weighted by molar-refractivity contribution is -0.149. The van der Waals surface area contributed by atoms with Crippen molar-refractivity contribution in [2.75, 3.05) is 5.75 Å². The quantitative estimate of drug-likeness (QED) is 0.905. The Balaban J connectivity index is 2.17. The highest BCUT2D eigenvalue weighted by atomic mass is 32.2. The van der Waals surface area contributed by atoms with Crippen LogP contribution in [0.3, 0.4) is 0 Å².